The summed E-state index contributed by atoms with van der Waals surface area (Å²) in [7, 11) is 0. The van der Waals surface area contributed by atoms with E-state index >= 15 is 0 Å². The number of fused-ring (bicyclic) bond motifs is 1. The van der Waals surface area contributed by atoms with Gasteiger partial charge in [0.05, 0.1) is 11.2 Å². The Kier molecular flexibility index (Phi) is 2.75. The molecule has 0 saturated heterocycles. The van der Waals surface area contributed by atoms with Gasteiger partial charge in [-0.1, -0.05) is 0 Å². The summed E-state index contributed by atoms with van der Waals surface area (Å²) in [4.78, 5) is 13.8. The van der Waals surface area contributed by atoms with Gasteiger partial charge in [-0.05, 0) is 47.1 Å². The van der Waals surface area contributed by atoms with Crippen molar-refractivity contribution in [2.75, 3.05) is 0 Å². The Morgan fingerprint density at radius 1 is 1.24 bits per heavy atom. The van der Waals surface area contributed by atoms with Crippen molar-refractivity contribution in [2.45, 2.75) is 59.2 Å². The lowest BCUT2D eigenvalue weighted by molar-refractivity contribution is -0.116. The number of ketones is 1. The first-order valence-corrected chi connectivity index (χ1v) is 6.79. The molecule has 1 aliphatic heterocycles. The van der Waals surface area contributed by atoms with E-state index in [1.54, 1.807) is 18.3 Å². The largest absolute Gasteiger partial charge is 0.359 e. The van der Waals surface area contributed by atoms with Gasteiger partial charge in [-0.25, -0.2) is 0 Å². The second-order valence-corrected chi connectivity index (χ2v) is 6.96. The molecule has 94 valence electrons. The summed E-state index contributed by atoms with van der Waals surface area (Å²) in [5, 5.41) is 0. The van der Waals surface area contributed by atoms with Crippen molar-refractivity contribution in [3.8, 4) is 0 Å². The van der Waals surface area contributed by atoms with Crippen LogP contribution in [0.15, 0.2) is 0 Å². The molecule has 1 aliphatic rings. The zero-order valence-corrected chi connectivity index (χ0v) is 12.2. The third-order valence-corrected chi connectivity index (χ3v) is 4.91. The van der Waals surface area contributed by atoms with Crippen molar-refractivity contribution < 1.29 is 9.53 Å². The van der Waals surface area contributed by atoms with Crippen LogP contribution in [0.1, 0.15) is 55.5 Å². The lowest BCUT2D eigenvalue weighted by atomic mass is 9.93. The van der Waals surface area contributed by atoms with Crippen LogP contribution in [0, 0.1) is 6.92 Å². The number of rotatable bonds is 2. The Morgan fingerprint density at radius 3 is 2.29 bits per heavy atom. The molecule has 0 aliphatic carbocycles. The van der Waals surface area contributed by atoms with E-state index in [1.165, 1.54) is 20.9 Å². The molecule has 0 fully saturated rings. The number of carbonyl (C=O) groups excluding carboxylic acids is 1. The number of Topliss-reactive ketones (excluding diaryl/α,β-unsaturated/α-hetero) is 1. The molecule has 2 rings (SSSR count). The molecule has 0 bridgehead atoms. The third-order valence-electron chi connectivity index (χ3n) is 3.31. The molecular formula is C14H20O2S. The standard InChI is InChI=1S/C14H20O2S/c1-8(15)7-10-9(2)11-12(17-10)14(5,6)16-13(11,3)4/h7H2,1-6H3. The molecule has 0 radical (unpaired) electrons. The zero-order valence-electron chi connectivity index (χ0n) is 11.4. The number of hydrogen-bond acceptors (Lipinski definition) is 3. The van der Waals surface area contributed by atoms with Crippen LogP contribution in [0.3, 0.4) is 0 Å². The predicted molar refractivity (Wildman–Crippen MR) is 70.6 cm³/mol. The monoisotopic (exact) mass is 252 g/mol. The van der Waals surface area contributed by atoms with Crippen LogP contribution in [0.25, 0.3) is 0 Å². The minimum atomic E-state index is -0.242. The Morgan fingerprint density at radius 2 is 1.82 bits per heavy atom. The van der Waals surface area contributed by atoms with E-state index in [2.05, 4.69) is 34.6 Å². The molecule has 17 heavy (non-hydrogen) atoms. The van der Waals surface area contributed by atoms with Crippen LogP contribution >= 0.6 is 11.3 Å². The van der Waals surface area contributed by atoms with Crippen molar-refractivity contribution >= 4 is 17.1 Å². The number of thiophene rings is 1. The maximum atomic E-state index is 11.3. The lowest BCUT2D eigenvalue weighted by Gasteiger charge is -2.26. The van der Waals surface area contributed by atoms with Crippen molar-refractivity contribution in [1.29, 1.82) is 0 Å². The van der Waals surface area contributed by atoms with Crippen LogP contribution in [0.5, 0.6) is 0 Å². The summed E-state index contributed by atoms with van der Waals surface area (Å²) in [5.74, 6) is 0.226. The van der Waals surface area contributed by atoms with Gasteiger partial charge in [-0.15, -0.1) is 11.3 Å². The molecule has 0 N–H and O–H groups in total. The van der Waals surface area contributed by atoms with Gasteiger partial charge in [0.25, 0.3) is 0 Å². The lowest BCUT2D eigenvalue weighted by Crippen LogP contribution is -2.23. The molecule has 0 aromatic carbocycles. The van der Waals surface area contributed by atoms with E-state index in [0.29, 0.717) is 6.42 Å². The first kappa shape index (κ1) is 12.8. The quantitative estimate of drug-likeness (QED) is 0.802. The topological polar surface area (TPSA) is 26.3 Å². The Balaban J connectivity index is 2.57. The minimum Gasteiger partial charge on any atom is -0.359 e. The fourth-order valence-electron chi connectivity index (χ4n) is 2.84. The van der Waals surface area contributed by atoms with Gasteiger partial charge in [0, 0.05) is 21.7 Å². The van der Waals surface area contributed by atoms with Crippen molar-refractivity contribution in [3.63, 3.8) is 0 Å². The van der Waals surface area contributed by atoms with Crippen LogP contribution < -0.4 is 0 Å². The number of ether oxygens (including phenoxy) is 1. The van der Waals surface area contributed by atoms with Crippen LogP contribution in [0.2, 0.25) is 0 Å². The van der Waals surface area contributed by atoms with Gasteiger partial charge in [-0.2, -0.15) is 0 Å². The molecule has 0 amide bonds. The molecule has 0 spiro atoms. The number of carbonyl (C=O) groups is 1. The molecule has 0 unspecified atom stereocenters. The Bertz CT molecular complexity index is 481. The average Bonchev–Trinajstić information content (AvgIpc) is 2.49. The summed E-state index contributed by atoms with van der Waals surface area (Å²) in [6, 6.07) is 0. The molecular weight excluding hydrogens is 232 g/mol. The minimum absolute atomic E-state index is 0.226. The van der Waals surface area contributed by atoms with E-state index in [4.69, 9.17) is 4.74 Å². The maximum absolute atomic E-state index is 11.3. The van der Waals surface area contributed by atoms with Gasteiger partial charge < -0.3 is 4.74 Å². The molecule has 0 atom stereocenters. The smallest absolute Gasteiger partial charge is 0.135 e. The van der Waals surface area contributed by atoms with Gasteiger partial charge in [0.1, 0.15) is 5.78 Å². The summed E-state index contributed by atoms with van der Waals surface area (Å²) >= 11 is 1.74. The second-order valence-electron chi connectivity index (χ2n) is 5.86. The molecule has 2 nitrogen and oxygen atoms in total. The highest BCUT2D eigenvalue weighted by Gasteiger charge is 2.46. The maximum Gasteiger partial charge on any atom is 0.135 e. The summed E-state index contributed by atoms with van der Waals surface area (Å²) in [6.07, 6.45) is 0.551. The highest BCUT2D eigenvalue weighted by molar-refractivity contribution is 7.12. The van der Waals surface area contributed by atoms with E-state index in [-0.39, 0.29) is 17.0 Å². The molecule has 0 saturated carbocycles. The van der Waals surface area contributed by atoms with Crippen molar-refractivity contribution in [1.82, 2.24) is 0 Å². The Hall–Kier alpha value is -0.670. The van der Waals surface area contributed by atoms with E-state index in [9.17, 15) is 4.79 Å². The second kappa shape index (κ2) is 3.66. The molecule has 2 heterocycles. The Labute approximate surface area is 107 Å². The van der Waals surface area contributed by atoms with Gasteiger partial charge in [-0.3, -0.25) is 4.79 Å². The summed E-state index contributed by atoms with van der Waals surface area (Å²) in [5.41, 5.74) is 2.07. The highest BCUT2D eigenvalue weighted by atomic mass is 32.1. The highest BCUT2D eigenvalue weighted by Crippen LogP contribution is 2.52. The van der Waals surface area contributed by atoms with E-state index in [1.807, 2.05) is 0 Å². The zero-order chi connectivity index (χ0) is 13.0. The molecule has 3 heteroatoms. The average molecular weight is 252 g/mol. The fourth-order valence-corrected chi connectivity index (χ4v) is 4.40. The fraction of sp³-hybridized carbons (Fsp3) is 0.643. The van der Waals surface area contributed by atoms with Gasteiger partial charge in [0.2, 0.25) is 0 Å². The van der Waals surface area contributed by atoms with Crippen LogP contribution in [-0.2, 0) is 27.2 Å². The van der Waals surface area contributed by atoms with E-state index < -0.39 is 0 Å². The van der Waals surface area contributed by atoms with Crippen molar-refractivity contribution in [2.24, 2.45) is 0 Å². The SMILES string of the molecule is CC(=O)Cc1sc2c(c1C)C(C)(C)OC2(C)C. The van der Waals surface area contributed by atoms with Crippen LogP contribution in [0.4, 0.5) is 0 Å². The summed E-state index contributed by atoms with van der Waals surface area (Å²) < 4.78 is 6.11. The molecule has 1 aromatic heterocycles. The van der Waals surface area contributed by atoms with Crippen LogP contribution in [-0.4, -0.2) is 5.78 Å². The van der Waals surface area contributed by atoms with E-state index in [0.717, 1.165) is 0 Å². The normalized spacial score (nSPS) is 20.4. The predicted octanol–water partition coefficient (Wildman–Crippen LogP) is 3.69. The van der Waals surface area contributed by atoms with Gasteiger partial charge >= 0.3 is 0 Å². The third kappa shape index (κ3) is 1.95. The first-order chi connectivity index (χ1) is 7.65. The first-order valence-electron chi connectivity index (χ1n) is 5.98. The van der Waals surface area contributed by atoms with Gasteiger partial charge in [0.15, 0.2) is 0 Å². The summed E-state index contributed by atoms with van der Waals surface area (Å²) in [6.45, 7) is 12.2. The molecule has 1 aromatic rings. The number of hydrogen-bond donors (Lipinski definition) is 0. The van der Waals surface area contributed by atoms with Crippen molar-refractivity contribution in [3.05, 3.63) is 20.9 Å².